The maximum atomic E-state index is 14.0. The second-order valence-electron chi connectivity index (χ2n) is 5.37. The molecule has 1 saturated heterocycles. The minimum Gasteiger partial charge on any atom is -0.465 e. The first-order chi connectivity index (χ1) is 9.34. The molecule has 0 aromatic heterocycles. The van der Waals surface area contributed by atoms with Gasteiger partial charge in [0.2, 0.25) is 0 Å². The Labute approximate surface area is 117 Å². The molecule has 0 radical (unpaired) electrons. The number of ether oxygens (including phenoxy) is 1. The summed E-state index contributed by atoms with van der Waals surface area (Å²) in [6, 6.07) is 2.55. The highest BCUT2D eigenvalue weighted by Gasteiger charge is 2.29. The molecule has 5 nitrogen and oxygen atoms in total. The van der Waals surface area contributed by atoms with Gasteiger partial charge < -0.3 is 20.5 Å². The lowest BCUT2D eigenvalue weighted by Crippen LogP contribution is -2.42. The molecule has 3 N–H and O–H groups in total. The molecule has 1 aliphatic rings. The normalized spacial score (nSPS) is 17.9. The van der Waals surface area contributed by atoms with E-state index in [2.05, 4.69) is 4.74 Å². The monoisotopic (exact) mass is 282 g/mol. The van der Waals surface area contributed by atoms with E-state index in [4.69, 9.17) is 5.73 Å². The fraction of sp³-hybridized carbons (Fsp3) is 0.500. The van der Waals surface area contributed by atoms with Crippen molar-refractivity contribution < 1.29 is 19.0 Å². The maximum absolute atomic E-state index is 14.0. The summed E-state index contributed by atoms with van der Waals surface area (Å²) in [4.78, 5) is 13.4. The number of hydrogen-bond donors (Lipinski definition) is 2. The van der Waals surface area contributed by atoms with E-state index in [1.54, 1.807) is 11.8 Å². The zero-order valence-electron chi connectivity index (χ0n) is 11.6. The van der Waals surface area contributed by atoms with E-state index in [0.717, 1.165) is 6.07 Å². The molecule has 0 spiro atoms. The van der Waals surface area contributed by atoms with E-state index in [-0.39, 0.29) is 11.3 Å². The number of esters is 1. The first kappa shape index (κ1) is 14.6. The van der Waals surface area contributed by atoms with E-state index in [1.807, 2.05) is 0 Å². The van der Waals surface area contributed by atoms with Crippen LogP contribution in [0.3, 0.4) is 0 Å². The number of rotatable bonds is 2. The summed E-state index contributed by atoms with van der Waals surface area (Å²) in [5.41, 5.74) is 5.45. The number of anilines is 2. The molecule has 110 valence electrons. The van der Waals surface area contributed by atoms with Crippen molar-refractivity contribution in [2.24, 2.45) is 0 Å². The third kappa shape index (κ3) is 2.85. The lowest BCUT2D eigenvalue weighted by Gasteiger charge is -2.37. The minimum absolute atomic E-state index is 0.0575. The van der Waals surface area contributed by atoms with Gasteiger partial charge in [-0.1, -0.05) is 0 Å². The van der Waals surface area contributed by atoms with Gasteiger partial charge in [-0.3, -0.25) is 0 Å². The fourth-order valence-electron chi connectivity index (χ4n) is 2.34. The van der Waals surface area contributed by atoms with E-state index in [1.165, 1.54) is 13.2 Å². The lowest BCUT2D eigenvalue weighted by molar-refractivity contribution is 0.0349. The van der Waals surface area contributed by atoms with Crippen molar-refractivity contribution in [1.29, 1.82) is 0 Å². The Morgan fingerprint density at radius 1 is 1.45 bits per heavy atom. The van der Waals surface area contributed by atoms with Gasteiger partial charge in [0.1, 0.15) is 5.82 Å². The molecule has 6 heteroatoms. The Hall–Kier alpha value is -1.82. The quantitative estimate of drug-likeness (QED) is 0.636. The summed E-state index contributed by atoms with van der Waals surface area (Å²) >= 11 is 0. The summed E-state index contributed by atoms with van der Waals surface area (Å²) < 4.78 is 18.7. The van der Waals surface area contributed by atoms with Crippen molar-refractivity contribution in [3.63, 3.8) is 0 Å². The largest absolute Gasteiger partial charge is 0.465 e. The molecule has 0 unspecified atom stereocenters. The van der Waals surface area contributed by atoms with Crippen molar-refractivity contribution in [3.05, 3.63) is 23.5 Å². The first-order valence-corrected chi connectivity index (χ1v) is 6.49. The SMILES string of the molecule is COC(=O)c1cc(N2CCC(C)(O)CC2)c(F)cc1N. The average Bonchev–Trinajstić information content (AvgIpc) is 2.39. The average molecular weight is 282 g/mol. The number of methoxy groups -OCH3 is 1. The van der Waals surface area contributed by atoms with Gasteiger partial charge in [0, 0.05) is 18.8 Å². The second kappa shape index (κ2) is 5.28. The molecule has 0 bridgehead atoms. The number of hydrogen-bond acceptors (Lipinski definition) is 5. The Kier molecular flexibility index (Phi) is 3.85. The topological polar surface area (TPSA) is 75.8 Å². The highest BCUT2D eigenvalue weighted by Crippen LogP contribution is 2.30. The van der Waals surface area contributed by atoms with Crippen LogP contribution in [0, 0.1) is 5.82 Å². The van der Waals surface area contributed by atoms with Gasteiger partial charge >= 0.3 is 5.97 Å². The number of carbonyl (C=O) groups excluding carboxylic acids is 1. The van der Waals surface area contributed by atoms with Gasteiger partial charge in [-0.25, -0.2) is 9.18 Å². The van der Waals surface area contributed by atoms with Crippen molar-refractivity contribution in [1.82, 2.24) is 0 Å². The van der Waals surface area contributed by atoms with Crippen molar-refractivity contribution in [2.45, 2.75) is 25.4 Å². The molecule has 20 heavy (non-hydrogen) atoms. The number of nitrogens with two attached hydrogens (primary N) is 1. The third-order valence-corrected chi connectivity index (χ3v) is 3.71. The second-order valence-corrected chi connectivity index (χ2v) is 5.37. The van der Waals surface area contributed by atoms with Gasteiger partial charge in [-0.2, -0.15) is 0 Å². The smallest absolute Gasteiger partial charge is 0.340 e. The van der Waals surface area contributed by atoms with Crippen LogP contribution in [0.1, 0.15) is 30.1 Å². The predicted molar refractivity (Wildman–Crippen MR) is 74.2 cm³/mol. The number of piperidine rings is 1. The molecule has 0 aliphatic carbocycles. The highest BCUT2D eigenvalue weighted by molar-refractivity contribution is 5.96. The Morgan fingerprint density at radius 2 is 2.05 bits per heavy atom. The molecule has 1 aliphatic heterocycles. The van der Waals surface area contributed by atoms with E-state index < -0.39 is 17.4 Å². The lowest BCUT2D eigenvalue weighted by atomic mass is 9.93. The van der Waals surface area contributed by atoms with Gasteiger partial charge in [0.05, 0.1) is 24.0 Å². The molecule has 1 aromatic carbocycles. The summed E-state index contributed by atoms with van der Waals surface area (Å²) in [6.07, 6.45) is 1.09. The molecular formula is C14H19FN2O3. The van der Waals surface area contributed by atoms with Crippen LogP contribution in [0.15, 0.2) is 12.1 Å². The van der Waals surface area contributed by atoms with Crippen LogP contribution in [0.25, 0.3) is 0 Å². The van der Waals surface area contributed by atoms with Crippen LogP contribution in [-0.2, 0) is 4.74 Å². The molecule has 1 aromatic rings. The van der Waals surface area contributed by atoms with Gasteiger partial charge in [0.25, 0.3) is 0 Å². The summed E-state index contributed by atoms with van der Waals surface area (Å²) in [5.74, 6) is -1.07. The Morgan fingerprint density at radius 3 is 2.60 bits per heavy atom. The number of aliphatic hydroxyl groups is 1. The summed E-state index contributed by atoms with van der Waals surface area (Å²) in [6.45, 7) is 2.81. The van der Waals surface area contributed by atoms with Crippen molar-refractivity contribution in [3.8, 4) is 0 Å². The standard InChI is InChI=1S/C14H19FN2O3/c1-14(19)3-5-17(6-4-14)12-7-9(13(18)20-2)11(16)8-10(12)15/h7-8,19H,3-6,16H2,1-2H3. The summed E-state index contributed by atoms with van der Waals surface area (Å²) in [7, 11) is 1.25. The van der Waals surface area contributed by atoms with Gasteiger partial charge in [0.15, 0.2) is 0 Å². The van der Waals surface area contributed by atoms with Crippen LogP contribution in [0.5, 0.6) is 0 Å². The summed E-state index contributed by atoms with van der Waals surface area (Å²) in [5, 5.41) is 9.92. The maximum Gasteiger partial charge on any atom is 0.340 e. The van der Waals surface area contributed by atoms with Crippen LogP contribution in [0.2, 0.25) is 0 Å². The number of halogens is 1. The van der Waals surface area contributed by atoms with E-state index in [0.29, 0.717) is 31.6 Å². The number of nitrogens with zero attached hydrogens (tertiary/aromatic N) is 1. The van der Waals surface area contributed by atoms with Gasteiger partial charge in [-0.15, -0.1) is 0 Å². The van der Waals surface area contributed by atoms with Crippen LogP contribution < -0.4 is 10.6 Å². The van der Waals surface area contributed by atoms with Gasteiger partial charge in [-0.05, 0) is 31.9 Å². The highest BCUT2D eigenvalue weighted by atomic mass is 19.1. The van der Waals surface area contributed by atoms with E-state index >= 15 is 0 Å². The molecule has 1 fully saturated rings. The molecular weight excluding hydrogens is 263 g/mol. The first-order valence-electron chi connectivity index (χ1n) is 6.49. The third-order valence-electron chi connectivity index (χ3n) is 3.71. The number of benzene rings is 1. The minimum atomic E-state index is -0.716. The van der Waals surface area contributed by atoms with Crippen LogP contribution in [-0.4, -0.2) is 36.9 Å². The molecule has 0 amide bonds. The Bertz CT molecular complexity index is 521. The number of nitrogen functional groups attached to an aromatic ring is 1. The zero-order valence-corrected chi connectivity index (χ0v) is 11.6. The molecule has 0 saturated carbocycles. The molecule has 1 heterocycles. The van der Waals surface area contributed by atoms with Crippen molar-refractivity contribution in [2.75, 3.05) is 30.8 Å². The fourth-order valence-corrected chi connectivity index (χ4v) is 2.34. The van der Waals surface area contributed by atoms with Crippen molar-refractivity contribution >= 4 is 17.3 Å². The number of carbonyl (C=O) groups is 1. The predicted octanol–water partition coefficient (Wildman–Crippen LogP) is 1.55. The zero-order chi connectivity index (χ0) is 14.9. The Balaban J connectivity index is 2.30. The van der Waals surface area contributed by atoms with Crippen LogP contribution >= 0.6 is 0 Å². The van der Waals surface area contributed by atoms with Crippen LogP contribution in [0.4, 0.5) is 15.8 Å². The molecule has 2 rings (SSSR count). The van der Waals surface area contributed by atoms with E-state index in [9.17, 15) is 14.3 Å². The molecule has 0 atom stereocenters.